The van der Waals surface area contributed by atoms with Crippen molar-refractivity contribution >= 4 is 29.1 Å². The summed E-state index contributed by atoms with van der Waals surface area (Å²) >= 11 is 5.85. The molecule has 25 heavy (non-hydrogen) atoms. The van der Waals surface area contributed by atoms with E-state index in [9.17, 15) is 9.59 Å². The topological polar surface area (TPSA) is 59.5 Å². The third kappa shape index (κ3) is 2.75. The van der Waals surface area contributed by atoms with Gasteiger partial charge in [-0.3, -0.25) is 14.6 Å². The smallest absolute Gasteiger partial charge is 0.266 e. The lowest BCUT2D eigenvalue weighted by Gasteiger charge is -2.12. The van der Waals surface area contributed by atoms with Gasteiger partial charge in [0.15, 0.2) is 0 Å². The summed E-state index contributed by atoms with van der Waals surface area (Å²) in [5.74, 6) is 0.293. The van der Waals surface area contributed by atoms with E-state index >= 15 is 0 Å². The predicted octanol–water partition coefficient (Wildman–Crippen LogP) is 4.33. The molecule has 0 bridgehead atoms. The van der Waals surface area contributed by atoms with Crippen LogP contribution in [-0.2, 0) is 0 Å². The molecule has 3 aromatic rings. The van der Waals surface area contributed by atoms with E-state index in [1.165, 1.54) is 6.20 Å². The molecular weight excluding hydrogens is 340 g/mol. The first-order valence-corrected chi connectivity index (χ1v) is 7.87. The van der Waals surface area contributed by atoms with Gasteiger partial charge in [0.05, 0.1) is 23.0 Å². The molecular formula is C19H11ClN2O3. The number of imide groups is 1. The number of carbonyl (C=O) groups excluding carboxylic acids is 2. The summed E-state index contributed by atoms with van der Waals surface area (Å²) in [5, 5.41) is 0.606. The highest BCUT2D eigenvalue weighted by Crippen LogP contribution is 2.32. The highest BCUT2D eigenvalue weighted by molar-refractivity contribution is 6.34. The molecule has 2 heterocycles. The largest absolute Gasteiger partial charge is 0.457 e. The number of ether oxygens (including phenoxy) is 1. The quantitative estimate of drug-likeness (QED) is 0.660. The lowest BCUT2D eigenvalue weighted by atomic mass is 10.1. The van der Waals surface area contributed by atoms with Gasteiger partial charge in [-0.25, -0.2) is 4.90 Å². The Morgan fingerprint density at radius 2 is 1.60 bits per heavy atom. The van der Waals surface area contributed by atoms with E-state index in [1.807, 2.05) is 0 Å². The van der Waals surface area contributed by atoms with Gasteiger partial charge in [0.2, 0.25) is 0 Å². The molecule has 1 aromatic heterocycles. The zero-order valence-electron chi connectivity index (χ0n) is 12.8. The number of benzene rings is 2. The standard InChI is InChI=1S/C19H11ClN2O3/c20-12-3-5-14(6-4-12)25-15-7-8-16-17(10-15)19(24)22(18(16)23)13-2-1-9-21-11-13/h1-11H. The van der Waals surface area contributed by atoms with Crippen LogP contribution in [0.1, 0.15) is 20.7 Å². The zero-order chi connectivity index (χ0) is 17.4. The summed E-state index contributed by atoms with van der Waals surface area (Å²) in [5.41, 5.74) is 1.09. The highest BCUT2D eigenvalue weighted by Gasteiger charge is 2.37. The van der Waals surface area contributed by atoms with E-state index < -0.39 is 5.91 Å². The van der Waals surface area contributed by atoms with Gasteiger partial charge < -0.3 is 4.74 Å². The number of nitrogens with zero attached hydrogens (tertiary/aromatic N) is 2. The average Bonchev–Trinajstić information content (AvgIpc) is 2.88. The minimum absolute atomic E-state index is 0.306. The van der Waals surface area contributed by atoms with Gasteiger partial charge in [-0.15, -0.1) is 0 Å². The second-order valence-corrected chi connectivity index (χ2v) is 5.86. The predicted molar refractivity (Wildman–Crippen MR) is 93.3 cm³/mol. The molecule has 6 heteroatoms. The van der Waals surface area contributed by atoms with Crippen LogP contribution in [-0.4, -0.2) is 16.8 Å². The van der Waals surface area contributed by atoms with Crippen LogP contribution in [0, 0.1) is 0 Å². The molecule has 2 amide bonds. The van der Waals surface area contributed by atoms with Crippen LogP contribution in [0.5, 0.6) is 11.5 Å². The van der Waals surface area contributed by atoms with Gasteiger partial charge in [0.25, 0.3) is 11.8 Å². The van der Waals surface area contributed by atoms with Gasteiger partial charge in [0, 0.05) is 11.2 Å². The Hall–Kier alpha value is -3.18. The number of hydrogen-bond acceptors (Lipinski definition) is 4. The molecule has 4 rings (SSSR count). The van der Waals surface area contributed by atoms with E-state index in [4.69, 9.17) is 16.3 Å². The van der Waals surface area contributed by atoms with Crippen molar-refractivity contribution in [3.05, 3.63) is 83.1 Å². The fourth-order valence-electron chi connectivity index (χ4n) is 2.64. The van der Waals surface area contributed by atoms with E-state index in [1.54, 1.807) is 60.8 Å². The summed E-state index contributed by atoms with van der Waals surface area (Å²) in [7, 11) is 0. The summed E-state index contributed by atoms with van der Waals surface area (Å²) in [6.45, 7) is 0. The van der Waals surface area contributed by atoms with Gasteiger partial charge >= 0.3 is 0 Å². The van der Waals surface area contributed by atoms with Gasteiger partial charge in [-0.05, 0) is 54.6 Å². The molecule has 0 unspecified atom stereocenters. The first kappa shape index (κ1) is 15.4. The Morgan fingerprint density at radius 3 is 2.32 bits per heavy atom. The summed E-state index contributed by atoms with van der Waals surface area (Å²) in [4.78, 5) is 30.3. The summed E-state index contributed by atoms with van der Waals surface area (Å²) in [6.07, 6.45) is 3.06. The lowest BCUT2D eigenvalue weighted by Crippen LogP contribution is -2.29. The third-order valence-corrected chi connectivity index (χ3v) is 4.06. The molecule has 1 aliphatic heterocycles. The highest BCUT2D eigenvalue weighted by atomic mass is 35.5. The number of rotatable bonds is 3. The lowest BCUT2D eigenvalue weighted by molar-refractivity contribution is 0.0926. The molecule has 0 saturated heterocycles. The molecule has 1 aliphatic rings. The van der Waals surface area contributed by atoms with Crippen molar-refractivity contribution in [2.24, 2.45) is 0 Å². The minimum Gasteiger partial charge on any atom is -0.457 e. The molecule has 122 valence electrons. The first-order valence-electron chi connectivity index (χ1n) is 7.50. The Balaban J connectivity index is 1.66. The molecule has 0 saturated carbocycles. The van der Waals surface area contributed by atoms with Crippen LogP contribution in [0.3, 0.4) is 0 Å². The van der Waals surface area contributed by atoms with Crippen LogP contribution in [0.25, 0.3) is 0 Å². The SMILES string of the molecule is O=C1c2ccc(Oc3ccc(Cl)cc3)cc2C(=O)N1c1cccnc1. The van der Waals surface area contributed by atoms with Crippen molar-refractivity contribution < 1.29 is 14.3 Å². The monoisotopic (exact) mass is 350 g/mol. The molecule has 0 aliphatic carbocycles. The maximum Gasteiger partial charge on any atom is 0.266 e. The summed E-state index contributed by atoms with van der Waals surface area (Å²) < 4.78 is 5.73. The Kier molecular flexibility index (Phi) is 3.71. The molecule has 0 N–H and O–H groups in total. The first-order chi connectivity index (χ1) is 12.1. The Bertz CT molecular complexity index is 972. The zero-order valence-corrected chi connectivity index (χ0v) is 13.6. The van der Waals surface area contributed by atoms with E-state index in [2.05, 4.69) is 4.98 Å². The van der Waals surface area contributed by atoms with Crippen molar-refractivity contribution in [1.29, 1.82) is 0 Å². The van der Waals surface area contributed by atoms with Crippen molar-refractivity contribution in [3.8, 4) is 11.5 Å². The average molecular weight is 351 g/mol. The number of halogens is 1. The number of hydrogen-bond donors (Lipinski definition) is 0. The van der Waals surface area contributed by atoms with Crippen molar-refractivity contribution in [3.63, 3.8) is 0 Å². The molecule has 0 spiro atoms. The van der Waals surface area contributed by atoms with Crippen LogP contribution in [0.4, 0.5) is 5.69 Å². The van der Waals surface area contributed by atoms with Crippen molar-refractivity contribution in [2.45, 2.75) is 0 Å². The normalized spacial score (nSPS) is 13.1. The number of aromatic nitrogens is 1. The third-order valence-electron chi connectivity index (χ3n) is 3.81. The second kappa shape index (κ2) is 6.03. The second-order valence-electron chi connectivity index (χ2n) is 5.42. The number of fused-ring (bicyclic) bond motifs is 1. The van der Waals surface area contributed by atoms with E-state index in [-0.39, 0.29) is 5.91 Å². The van der Waals surface area contributed by atoms with E-state index in [0.29, 0.717) is 33.3 Å². The van der Waals surface area contributed by atoms with Crippen LogP contribution in [0.2, 0.25) is 5.02 Å². The number of amides is 2. The maximum atomic E-state index is 12.7. The Morgan fingerprint density at radius 1 is 0.880 bits per heavy atom. The van der Waals surface area contributed by atoms with Crippen molar-refractivity contribution in [2.75, 3.05) is 4.90 Å². The maximum absolute atomic E-state index is 12.7. The number of pyridine rings is 1. The number of anilines is 1. The Labute approximate surface area is 148 Å². The fraction of sp³-hybridized carbons (Fsp3) is 0. The van der Waals surface area contributed by atoms with Crippen LogP contribution in [0.15, 0.2) is 67.0 Å². The summed E-state index contributed by atoms with van der Waals surface area (Å²) in [6, 6.07) is 15.0. The molecule has 5 nitrogen and oxygen atoms in total. The molecule has 0 fully saturated rings. The van der Waals surface area contributed by atoms with Gasteiger partial charge in [-0.2, -0.15) is 0 Å². The molecule has 0 atom stereocenters. The number of carbonyl (C=O) groups is 2. The minimum atomic E-state index is -0.394. The van der Waals surface area contributed by atoms with Crippen LogP contribution < -0.4 is 9.64 Å². The fourth-order valence-corrected chi connectivity index (χ4v) is 2.77. The van der Waals surface area contributed by atoms with Crippen LogP contribution >= 0.6 is 11.6 Å². The van der Waals surface area contributed by atoms with Crippen molar-refractivity contribution in [1.82, 2.24) is 4.98 Å². The van der Waals surface area contributed by atoms with Gasteiger partial charge in [0.1, 0.15) is 11.5 Å². The van der Waals surface area contributed by atoms with E-state index in [0.717, 1.165) is 4.90 Å². The molecule has 2 aromatic carbocycles. The van der Waals surface area contributed by atoms with Gasteiger partial charge in [-0.1, -0.05) is 11.6 Å². The molecule has 0 radical (unpaired) electrons.